The van der Waals surface area contributed by atoms with Crippen molar-refractivity contribution >= 4 is 22.0 Å². The maximum absolute atomic E-state index is 12.4. The Labute approximate surface area is 149 Å². The van der Waals surface area contributed by atoms with Crippen LogP contribution in [0.5, 0.6) is 11.5 Å². The largest absolute Gasteiger partial charge is 0.481 e. The fourth-order valence-corrected chi connectivity index (χ4v) is 3.83. The third-order valence-corrected chi connectivity index (χ3v) is 5.37. The number of hydrogen-bond acceptors (Lipinski definition) is 5. The molecule has 1 heterocycles. The van der Waals surface area contributed by atoms with Gasteiger partial charge in [0.2, 0.25) is 10.0 Å². The highest BCUT2D eigenvalue weighted by Gasteiger charge is 2.28. The molecule has 136 valence electrons. The lowest BCUT2D eigenvalue weighted by molar-refractivity contribution is -0.145. The predicted octanol–water partition coefficient (Wildman–Crippen LogP) is 1.59. The molecule has 0 aliphatic carbocycles. The number of nitrogens with one attached hydrogen (secondary N) is 1. The third kappa shape index (κ3) is 3.68. The number of aliphatic carboxylic acids is 2. The molecule has 3 N–H and O–H groups in total. The molecule has 8 nitrogen and oxygen atoms in total. The summed E-state index contributed by atoms with van der Waals surface area (Å²) >= 11 is 0. The molecule has 2 aromatic rings. The molecule has 0 amide bonds. The van der Waals surface area contributed by atoms with Gasteiger partial charge in [0.15, 0.2) is 0 Å². The van der Waals surface area contributed by atoms with E-state index < -0.39 is 34.4 Å². The summed E-state index contributed by atoms with van der Waals surface area (Å²) in [6.07, 6.45) is -0.292. The Morgan fingerprint density at radius 2 is 1.77 bits per heavy atom. The molecule has 26 heavy (non-hydrogen) atoms. The summed E-state index contributed by atoms with van der Waals surface area (Å²) in [4.78, 5) is 21.6. The van der Waals surface area contributed by atoms with Crippen LogP contribution in [0.4, 0.5) is 0 Å². The highest BCUT2D eigenvalue weighted by Crippen LogP contribution is 2.37. The van der Waals surface area contributed by atoms with Gasteiger partial charge >= 0.3 is 11.9 Å². The monoisotopic (exact) mass is 377 g/mol. The molecular formula is C17H15NO7S. The lowest BCUT2D eigenvalue weighted by atomic mass is 10.0. The van der Waals surface area contributed by atoms with E-state index in [9.17, 15) is 18.0 Å². The number of benzene rings is 2. The summed E-state index contributed by atoms with van der Waals surface area (Å²) < 4.78 is 32.5. The van der Waals surface area contributed by atoms with Crippen molar-refractivity contribution in [1.82, 2.24) is 4.72 Å². The average Bonchev–Trinajstić information content (AvgIpc) is 2.58. The normalized spacial score (nSPS) is 13.8. The summed E-state index contributed by atoms with van der Waals surface area (Å²) in [5, 5.41) is 17.8. The van der Waals surface area contributed by atoms with Gasteiger partial charge in [-0.1, -0.05) is 24.3 Å². The van der Waals surface area contributed by atoms with Crippen molar-refractivity contribution in [2.75, 3.05) is 0 Å². The molecule has 0 fully saturated rings. The van der Waals surface area contributed by atoms with Gasteiger partial charge in [-0.05, 0) is 23.3 Å². The first kappa shape index (κ1) is 17.9. The summed E-state index contributed by atoms with van der Waals surface area (Å²) in [7, 11) is -4.24. The molecular weight excluding hydrogens is 362 g/mol. The molecule has 3 rings (SSSR count). The van der Waals surface area contributed by atoms with Crippen LogP contribution in [0.15, 0.2) is 47.4 Å². The van der Waals surface area contributed by atoms with Crippen LogP contribution in [0.25, 0.3) is 0 Å². The Balaban J connectivity index is 1.88. The van der Waals surface area contributed by atoms with Gasteiger partial charge in [0, 0.05) is 12.5 Å². The molecule has 0 unspecified atom stereocenters. The maximum Gasteiger partial charge on any atom is 0.322 e. The first-order chi connectivity index (χ1) is 12.3. The second kappa shape index (κ2) is 6.77. The number of rotatable bonds is 6. The zero-order valence-corrected chi connectivity index (χ0v) is 14.2. The van der Waals surface area contributed by atoms with Crippen molar-refractivity contribution in [3.8, 4) is 11.5 Å². The molecule has 1 atom stereocenters. The summed E-state index contributed by atoms with van der Waals surface area (Å²) in [5.74, 6) is -2.02. The van der Waals surface area contributed by atoms with E-state index in [2.05, 4.69) is 0 Å². The SMILES string of the molecule is O=C(O)C[C@@H](NS(=O)(=O)c1ccc2c(c1)Oc1ccccc1C2)C(=O)O. The minimum absolute atomic E-state index is 0.202. The first-order valence-electron chi connectivity index (χ1n) is 7.62. The van der Waals surface area contributed by atoms with Crippen molar-refractivity contribution in [1.29, 1.82) is 0 Å². The predicted molar refractivity (Wildman–Crippen MR) is 89.8 cm³/mol. The van der Waals surface area contributed by atoms with E-state index in [0.29, 0.717) is 17.9 Å². The van der Waals surface area contributed by atoms with Gasteiger partial charge in [0.05, 0.1) is 11.3 Å². The Morgan fingerprint density at radius 1 is 1.08 bits per heavy atom. The number of carboxylic acids is 2. The standard InChI is InChI=1S/C17H15NO7S/c19-16(20)9-13(17(21)22)18-26(23,24)12-6-5-11-7-10-3-1-2-4-14(10)25-15(11)8-12/h1-6,8,13,18H,7,9H2,(H,19,20)(H,21,22)/t13-/m1/s1. The lowest BCUT2D eigenvalue weighted by Gasteiger charge is -2.21. The Morgan fingerprint density at radius 3 is 2.46 bits per heavy atom. The van der Waals surface area contributed by atoms with Crippen LogP contribution in [0, 0.1) is 0 Å². The number of ether oxygens (including phenoxy) is 1. The number of carbonyl (C=O) groups is 2. The van der Waals surface area contributed by atoms with Crippen LogP contribution in [0.1, 0.15) is 17.5 Å². The average molecular weight is 377 g/mol. The highest BCUT2D eigenvalue weighted by atomic mass is 32.2. The van der Waals surface area contributed by atoms with Gasteiger partial charge in [-0.15, -0.1) is 0 Å². The van der Waals surface area contributed by atoms with Crippen LogP contribution in [-0.4, -0.2) is 36.6 Å². The number of fused-ring (bicyclic) bond motifs is 2. The van der Waals surface area contributed by atoms with Gasteiger partial charge in [-0.25, -0.2) is 8.42 Å². The fourth-order valence-electron chi connectivity index (χ4n) is 2.63. The summed E-state index contributed by atoms with van der Waals surface area (Å²) in [5.41, 5.74) is 1.77. The van der Waals surface area contributed by atoms with Crippen LogP contribution in [0.2, 0.25) is 0 Å². The van der Waals surface area contributed by atoms with E-state index in [1.165, 1.54) is 12.1 Å². The molecule has 2 aromatic carbocycles. The molecule has 0 bridgehead atoms. The smallest absolute Gasteiger partial charge is 0.322 e. The van der Waals surface area contributed by atoms with Crippen molar-refractivity contribution in [3.63, 3.8) is 0 Å². The van der Waals surface area contributed by atoms with Crippen molar-refractivity contribution < 1.29 is 33.0 Å². The van der Waals surface area contributed by atoms with Gasteiger partial charge in [0.25, 0.3) is 0 Å². The van der Waals surface area contributed by atoms with Gasteiger partial charge in [-0.3, -0.25) is 9.59 Å². The molecule has 0 saturated heterocycles. The molecule has 0 saturated carbocycles. The van der Waals surface area contributed by atoms with Crippen molar-refractivity contribution in [2.24, 2.45) is 0 Å². The topological polar surface area (TPSA) is 130 Å². The maximum atomic E-state index is 12.4. The molecule has 1 aliphatic rings. The molecule has 0 spiro atoms. The van der Waals surface area contributed by atoms with Gasteiger partial charge in [-0.2, -0.15) is 4.72 Å². The van der Waals surface area contributed by atoms with E-state index in [4.69, 9.17) is 14.9 Å². The quantitative estimate of drug-likeness (QED) is 0.595. The van der Waals surface area contributed by atoms with E-state index in [-0.39, 0.29) is 4.90 Å². The highest BCUT2D eigenvalue weighted by molar-refractivity contribution is 7.89. The number of sulfonamides is 1. The van der Waals surface area contributed by atoms with E-state index in [0.717, 1.165) is 11.1 Å². The van der Waals surface area contributed by atoms with E-state index in [1.807, 2.05) is 16.9 Å². The number of carboxylic acid groups (broad SMARTS) is 2. The molecule has 0 radical (unpaired) electrons. The van der Waals surface area contributed by atoms with Crippen LogP contribution in [-0.2, 0) is 26.0 Å². The Kier molecular flexibility index (Phi) is 4.66. The van der Waals surface area contributed by atoms with Crippen molar-refractivity contribution in [3.05, 3.63) is 53.6 Å². The van der Waals surface area contributed by atoms with Crippen LogP contribution in [0.3, 0.4) is 0 Å². The Hall–Kier alpha value is -2.91. The zero-order chi connectivity index (χ0) is 18.9. The third-order valence-electron chi connectivity index (χ3n) is 3.90. The van der Waals surface area contributed by atoms with Gasteiger partial charge < -0.3 is 14.9 Å². The molecule has 1 aliphatic heterocycles. The van der Waals surface area contributed by atoms with Crippen molar-refractivity contribution in [2.45, 2.75) is 23.8 Å². The Bertz CT molecular complexity index is 984. The van der Waals surface area contributed by atoms with Gasteiger partial charge in [0.1, 0.15) is 17.5 Å². The van der Waals surface area contributed by atoms with E-state index >= 15 is 0 Å². The lowest BCUT2D eigenvalue weighted by Crippen LogP contribution is -2.42. The fraction of sp³-hybridized carbons (Fsp3) is 0.176. The number of para-hydroxylation sites is 1. The van der Waals surface area contributed by atoms with Crippen LogP contribution >= 0.6 is 0 Å². The zero-order valence-electron chi connectivity index (χ0n) is 13.4. The first-order valence-corrected chi connectivity index (χ1v) is 9.10. The minimum atomic E-state index is -4.24. The molecule has 0 aromatic heterocycles. The second-order valence-electron chi connectivity index (χ2n) is 5.77. The molecule has 9 heteroatoms. The number of hydrogen-bond donors (Lipinski definition) is 3. The van der Waals surface area contributed by atoms with E-state index in [1.54, 1.807) is 18.2 Å². The second-order valence-corrected chi connectivity index (χ2v) is 7.48. The van der Waals surface area contributed by atoms with Crippen LogP contribution < -0.4 is 9.46 Å². The minimum Gasteiger partial charge on any atom is -0.481 e. The summed E-state index contributed by atoms with van der Waals surface area (Å²) in [6, 6.07) is 9.81. The summed E-state index contributed by atoms with van der Waals surface area (Å²) in [6.45, 7) is 0.